The Bertz CT molecular complexity index is 507. The van der Waals surface area contributed by atoms with E-state index in [1.807, 2.05) is 12.1 Å². The van der Waals surface area contributed by atoms with E-state index in [0.717, 1.165) is 12.0 Å². The molecule has 0 bridgehead atoms. The Hall–Kier alpha value is -1.95. The molecule has 0 spiro atoms. The Morgan fingerprint density at radius 2 is 2.18 bits per heavy atom. The zero-order chi connectivity index (χ0) is 15.9. The SMILES string of the molecule is C[C@@H](C(=O)N(CCCO)Cc1ccncc1)N1CCCC1=O. The molecule has 0 saturated carbocycles. The highest BCUT2D eigenvalue weighted by Crippen LogP contribution is 2.16. The fourth-order valence-electron chi connectivity index (χ4n) is 2.71. The molecule has 6 nitrogen and oxygen atoms in total. The van der Waals surface area contributed by atoms with Crippen LogP contribution in [0.25, 0.3) is 0 Å². The number of likely N-dealkylation sites (tertiary alicyclic amines) is 1. The van der Waals surface area contributed by atoms with Gasteiger partial charge in [0.25, 0.3) is 0 Å². The third-order valence-corrected chi connectivity index (χ3v) is 3.96. The predicted octanol–water partition coefficient (Wildman–Crippen LogP) is 0.803. The average molecular weight is 305 g/mol. The lowest BCUT2D eigenvalue weighted by Gasteiger charge is -2.30. The van der Waals surface area contributed by atoms with Crippen LogP contribution in [0.4, 0.5) is 0 Å². The molecule has 1 fully saturated rings. The Balaban J connectivity index is 2.06. The van der Waals surface area contributed by atoms with Gasteiger partial charge in [-0.3, -0.25) is 14.6 Å². The summed E-state index contributed by atoms with van der Waals surface area (Å²) < 4.78 is 0. The number of hydrogen-bond acceptors (Lipinski definition) is 4. The van der Waals surface area contributed by atoms with E-state index in [0.29, 0.717) is 32.5 Å². The zero-order valence-corrected chi connectivity index (χ0v) is 12.9. The van der Waals surface area contributed by atoms with Crippen LogP contribution in [0.2, 0.25) is 0 Å². The fourth-order valence-corrected chi connectivity index (χ4v) is 2.71. The molecule has 2 rings (SSSR count). The van der Waals surface area contributed by atoms with Gasteiger partial charge in [0.2, 0.25) is 11.8 Å². The number of rotatable bonds is 7. The van der Waals surface area contributed by atoms with Crippen molar-refractivity contribution in [3.05, 3.63) is 30.1 Å². The molecule has 1 aromatic rings. The third-order valence-electron chi connectivity index (χ3n) is 3.96. The number of hydrogen-bond donors (Lipinski definition) is 1. The van der Waals surface area contributed by atoms with Crippen molar-refractivity contribution < 1.29 is 14.7 Å². The van der Waals surface area contributed by atoms with Crippen molar-refractivity contribution in [2.45, 2.75) is 38.8 Å². The molecule has 22 heavy (non-hydrogen) atoms. The summed E-state index contributed by atoms with van der Waals surface area (Å²) in [4.78, 5) is 31.9. The molecule has 6 heteroatoms. The number of carbonyl (C=O) groups excluding carboxylic acids is 2. The maximum absolute atomic E-state index is 12.7. The molecule has 120 valence electrons. The second-order valence-corrected chi connectivity index (χ2v) is 5.56. The Morgan fingerprint density at radius 3 is 2.77 bits per heavy atom. The second-order valence-electron chi connectivity index (χ2n) is 5.56. The van der Waals surface area contributed by atoms with Crippen LogP contribution in [0.15, 0.2) is 24.5 Å². The largest absolute Gasteiger partial charge is 0.396 e. The highest BCUT2D eigenvalue weighted by atomic mass is 16.3. The van der Waals surface area contributed by atoms with Gasteiger partial charge in [0, 0.05) is 45.1 Å². The van der Waals surface area contributed by atoms with Gasteiger partial charge in [0.05, 0.1) is 0 Å². The van der Waals surface area contributed by atoms with Gasteiger partial charge in [-0.25, -0.2) is 0 Å². The highest BCUT2D eigenvalue weighted by molar-refractivity contribution is 5.88. The van der Waals surface area contributed by atoms with Crippen LogP contribution in [0.5, 0.6) is 0 Å². The van der Waals surface area contributed by atoms with Crippen LogP contribution in [0.1, 0.15) is 31.7 Å². The first-order valence-electron chi connectivity index (χ1n) is 7.71. The van der Waals surface area contributed by atoms with Gasteiger partial charge < -0.3 is 14.9 Å². The number of amides is 2. The second kappa shape index (κ2) is 7.89. The molecule has 1 N–H and O–H groups in total. The van der Waals surface area contributed by atoms with E-state index < -0.39 is 6.04 Å². The molecule has 2 heterocycles. The van der Waals surface area contributed by atoms with Gasteiger partial charge in [-0.1, -0.05) is 0 Å². The topological polar surface area (TPSA) is 73.7 Å². The van der Waals surface area contributed by atoms with Gasteiger partial charge in [-0.2, -0.15) is 0 Å². The lowest BCUT2D eigenvalue weighted by atomic mass is 10.2. The van der Waals surface area contributed by atoms with Crippen molar-refractivity contribution in [3.63, 3.8) is 0 Å². The summed E-state index contributed by atoms with van der Waals surface area (Å²) >= 11 is 0. The molecule has 1 aliphatic heterocycles. The molecule has 0 unspecified atom stereocenters. The van der Waals surface area contributed by atoms with E-state index in [4.69, 9.17) is 5.11 Å². The lowest BCUT2D eigenvalue weighted by molar-refractivity contribution is -0.143. The molecule has 2 amide bonds. The average Bonchev–Trinajstić information content (AvgIpc) is 2.97. The van der Waals surface area contributed by atoms with Crippen LogP contribution >= 0.6 is 0 Å². The van der Waals surface area contributed by atoms with E-state index in [-0.39, 0.29) is 18.4 Å². The molecule has 1 atom stereocenters. The molecule has 0 aliphatic carbocycles. The van der Waals surface area contributed by atoms with Gasteiger partial charge in [0.15, 0.2) is 0 Å². The molecule has 0 aromatic carbocycles. The first kappa shape index (κ1) is 16.4. The lowest BCUT2D eigenvalue weighted by Crippen LogP contribution is -2.47. The van der Waals surface area contributed by atoms with Crippen molar-refractivity contribution in [2.75, 3.05) is 19.7 Å². The summed E-state index contributed by atoms with van der Waals surface area (Å²) in [6, 6.07) is 3.28. The Kier molecular flexibility index (Phi) is 5.89. The minimum atomic E-state index is -0.449. The zero-order valence-electron chi connectivity index (χ0n) is 12.9. The van der Waals surface area contributed by atoms with E-state index in [9.17, 15) is 9.59 Å². The first-order chi connectivity index (χ1) is 10.6. The number of nitrogens with zero attached hydrogens (tertiary/aromatic N) is 3. The van der Waals surface area contributed by atoms with Gasteiger partial charge in [0.1, 0.15) is 6.04 Å². The number of pyridine rings is 1. The summed E-state index contributed by atoms with van der Waals surface area (Å²) in [6.45, 7) is 3.41. The Labute approximate surface area is 130 Å². The first-order valence-corrected chi connectivity index (χ1v) is 7.71. The van der Waals surface area contributed by atoms with Crippen molar-refractivity contribution in [1.29, 1.82) is 0 Å². The van der Waals surface area contributed by atoms with Crippen molar-refractivity contribution in [3.8, 4) is 0 Å². The molecule has 0 radical (unpaired) electrons. The van der Waals surface area contributed by atoms with Crippen LogP contribution in [-0.4, -0.2) is 57.4 Å². The van der Waals surface area contributed by atoms with E-state index >= 15 is 0 Å². The summed E-state index contributed by atoms with van der Waals surface area (Å²) in [6.07, 6.45) is 5.25. The summed E-state index contributed by atoms with van der Waals surface area (Å²) in [5.41, 5.74) is 0.987. The van der Waals surface area contributed by atoms with Crippen LogP contribution in [-0.2, 0) is 16.1 Å². The standard InChI is InChI=1S/C16H23N3O3/c1-13(19-10-2-4-15(19)21)16(22)18(9-3-11-20)12-14-5-7-17-8-6-14/h5-8,13,20H,2-4,9-12H2,1H3/t13-/m0/s1. The molecular formula is C16H23N3O3. The van der Waals surface area contributed by atoms with Crippen molar-refractivity contribution in [1.82, 2.24) is 14.8 Å². The van der Waals surface area contributed by atoms with Crippen molar-refractivity contribution in [2.24, 2.45) is 0 Å². The fraction of sp³-hybridized carbons (Fsp3) is 0.562. The predicted molar refractivity (Wildman–Crippen MR) is 81.8 cm³/mol. The molecule has 1 aromatic heterocycles. The smallest absolute Gasteiger partial charge is 0.245 e. The maximum atomic E-state index is 12.7. The molecule has 1 aliphatic rings. The summed E-state index contributed by atoms with van der Waals surface area (Å²) in [5, 5.41) is 9.04. The van der Waals surface area contributed by atoms with Gasteiger partial charge >= 0.3 is 0 Å². The van der Waals surface area contributed by atoms with E-state index in [2.05, 4.69) is 4.98 Å². The number of aromatic nitrogens is 1. The van der Waals surface area contributed by atoms with Crippen LogP contribution < -0.4 is 0 Å². The van der Waals surface area contributed by atoms with Crippen LogP contribution in [0.3, 0.4) is 0 Å². The number of carbonyl (C=O) groups is 2. The quantitative estimate of drug-likeness (QED) is 0.809. The van der Waals surface area contributed by atoms with E-state index in [1.165, 1.54) is 0 Å². The Morgan fingerprint density at radius 1 is 1.45 bits per heavy atom. The van der Waals surface area contributed by atoms with Crippen molar-refractivity contribution >= 4 is 11.8 Å². The molecular weight excluding hydrogens is 282 g/mol. The maximum Gasteiger partial charge on any atom is 0.245 e. The normalized spacial score (nSPS) is 15.9. The summed E-state index contributed by atoms with van der Waals surface area (Å²) in [5.74, 6) is -0.0209. The number of aliphatic hydroxyl groups excluding tert-OH is 1. The molecule has 1 saturated heterocycles. The van der Waals surface area contributed by atoms with Gasteiger partial charge in [-0.05, 0) is 37.5 Å². The minimum Gasteiger partial charge on any atom is -0.396 e. The van der Waals surface area contributed by atoms with Gasteiger partial charge in [-0.15, -0.1) is 0 Å². The van der Waals surface area contributed by atoms with Crippen LogP contribution in [0, 0.1) is 0 Å². The summed E-state index contributed by atoms with van der Waals surface area (Å²) in [7, 11) is 0. The highest BCUT2D eigenvalue weighted by Gasteiger charge is 2.31. The van der Waals surface area contributed by atoms with E-state index in [1.54, 1.807) is 29.1 Å². The number of aliphatic hydroxyl groups is 1. The third kappa shape index (κ3) is 4.04. The minimum absolute atomic E-state index is 0.0388. The monoisotopic (exact) mass is 305 g/mol.